The minimum Gasteiger partial charge on any atom is -0.665 e. The Morgan fingerprint density at radius 3 is 1.53 bits per heavy atom. The van der Waals surface area contributed by atoms with Gasteiger partial charge in [-0.05, 0) is 218 Å². The Morgan fingerprint density at radius 2 is 1.08 bits per heavy atom. The van der Waals surface area contributed by atoms with Gasteiger partial charge in [-0.3, -0.25) is 38.6 Å². The number of aromatic nitrogens is 1. The monoisotopic (exact) mass is 1780 g/mol. The topological polar surface area (TPSA) is 174 Å². The fraction of sp³-hybridized carbons (Fsp3) is 0.356. The van der Waals surface area contributed by atoms with E-state index < -0.39 is 0 Å². The number of aryl methyl sites for hydroxylation is 4. The van der Waals surface area contributed by atoms with Crippen molar-refractivity contribution < 1.29 is 64.1 Å². The van der Waals surface area contributed by atoms with E-state index >= 15 is 0 Å². The van der Waals surface area contributed by atoms with E-state index in [1.165, 1.54) is 117 Å². The molecule has 1 N–H and O–H groups in total. The Bertz CT molecular complexity index is 4850. The minimum absolute atomic E-state index is 0. The summed E-state index contributed by atoms with van der Waals surface area (Å²) >= 11 is 7.02. The molecule has 0 radical (unpaired) electrons. The average Bonchev–Trinajstić information content (AvgIpc) is 1.74. The summed E-state index contributed by atoms with van der Waals surface area (Å²) in [6, 6.07) is 50.9. The number of phenolic OH excluding ortho intramolecular Hbond substituents is 1. The number of halogens is 2. The molecule has 16 heteroatoms. The second-order valence-electron chi connectivity index (χ2n) is 30.9. The predicted octanol–water partition coefficient (Wildman–Crippen LogP) is 23.1. The normalized spacial score (nSPS) is 17.6. The molecule has 2 aliphatic heterocycles. The molecule has 6 aliphatic carbocycles. The second-order valence-corrected chi connectivity index (χ2v) is 34.2. The number of Topliss-reactive ketones (excluding diaryl/α,β-unsaturated/α-hetero) is 1. The average molecular weight is 1780 g/mol. The number of aromatic hydroxyl groups is 1. The SMILES string of the molecule is C.C#CC#CC#C.C=CCCC(=O)Oc1ccccc1.C=C[C@H](CC)N1C(=O)c2ccccc2C1=O.CC(C)([CH]=[Mo]=[N]C12CC3CC(CC(C3)C1)C2)c1ccccc1.CC[C@@H](/C=C\CCC(=O)COc1ccccc1)N1C(=O)c2ccccc2C1=O.Cc1c(Br)cc2c(c1-c1c(O)c(Br)cc3c1CCCC3)CCCC2.Cc1ccc(C)[n-]1.[HH].[HH]. The van der Waals surface area contributed by atoms with Crippen LogP contribution in [0, 0.1) is 75.1 Å². The van der Waals surface area contributed by atoms with E-state index in [1.54, 1.807) is 84.9 Å². The maximum Gasteiger partial charge on any atom is 0.262 e. The number of esters is 1. The number of imide groups is 2. The maximum atomic E-state index is 12.6. The van der Waals surface area contributed by atoms with Crippen LogP contribution in [0.25, 0.3) is 11.1 Å². The van der Waals surface area contributed by atoms with Crippen LogP contribution in [0.3, 0.4) is 0 Å². The van der Waals surface area contributed by atoms with Gasteiger partial charge in [0, 0.05) is 25.7 Å². The largest absolute Gasteiger partial charge is 0.665 e. The molecule has 8 aromatic rings. The van der Waals surface area contributed by atoms with Crippen LogP contribution in [-0.4, -0.2) is 78.9 Å². The molecule has 4 bridgehead atoms. The minimum atomic E-state index is -0.353. The first-order valence-electron chi connectivity index (χ1n) is 40.4. The van der Waals surface area contributed by atoms with Crippen molar-refractivity contribution in [3.05, 3.63) is 277 Å². The first-order valence-corrected chi connectivity index (χ1v) is 44.0. The number of hydrogen-bond donors (Lipinski definition) is 1. The number of carbonyl (C=O) groups is 6. The van der Waals surface area contributed by atoms with Gasteiger partial charge in [0.25, 0.3) is 23.6 Å². The summed E-state index contributed by atoms with van der Waals surface area (Å²) in [6.07, 6.45) is 38.0. The Balaban J connectivity index is 0.000000224. The third-order valence-electron chi connectivity index (χ3n) is 22.0. The number of benzene rings is 7. The van der Waals surface area contributed by atoms with Gasteiger partial charge in [0.15, 0.2) is 5.78 Å². The summed E-state index contributed by atoms with van der Waals surface area (Å²) < 4.78 is 20.4. The number of phenols is 1. The van der Waals surface area contributed by atoms with Gasteiger partial charge in [0.1, 0.15) is 23.9 Å². The van der Waals surface area contributed by atoms with Crippen LogP contribution in [-0.2, 0) is 58.6 Å². The first kappa shape index (κ1) is 92.6. The van der Waals surface area contributed by atoms with Gasteiger partial charge in [-0.15, -0.1) is 26.0 Å². The van der Waals surface area contributed by atoms with Crippen LogP contribution in [0.1, 0.15) is 227 Å². The molecule has 16 rings (SSSR count). The number of para-hydroxylation sites is 2. The molecule has 0 unspecified atom stereocenters. The summed E-state index contributed by atoms with van der Waals surface area (Å²) in [4.78, 5) is 79.0. The number of carbonyl (C=O) groups excluding carboxylic acids is 6. The van der Waals surface area contributed by atoms with Gasteiger partial charge in [-0.1, -0.05) is 148 Å². The number of amides is 4. The quantitative estimate of drug-likeness (QED) is 0.0193. The Labute approximate surface area is 722 Å². The van der Waals surface area contributed by atoms with Gasteiger partial charge in [-0.2, -0.15) is 11.4 Å². The van der Waals surface area contributed by atoms with Crippen LogP contribution in [0.15, 0.2) is 214 Å². The number of allylic oxidation sites excluding steroid dienone is 2. The van der Waals surface area contributed by atoms with Crippen molar-refractivity contribution >= 4 is 71.6 Å². The van der Waals surface area contributed by atoms with Gasteiger partial charge in [0.2, 0.25) is 0 Å². The number of nitrogens with zero attached hydrogens (tertiary/aromatic N) is 4. The fourth-order valence-corrected chi connectivity index (χ4v) is 19.7. The molecule has 1 aromatic heterocycles. The van der Waals surface area contributed by atoms with E-state index in [9.17, 15) is 33.9 Å². The molecule has 7 aromatic carbocycles. The number of terminal acetylenes is 2. The smallest absolute Gasteiger partial charge is 0.262 e. The van der Waals surface area contributed by atoms with Crippen molar-refractivity contribution in [3.63, 3.8) is 0 Å². The van der Waals surface area contributed by atoms with Crippen LogP contribution in [0.2, 0.25) is 0 Å². The number of fused-ring (bicyclic) bond motifs is 4. The summed E-state index contributed by atoms with van der Waals surface area (Å²) in [7, 11) is 0. The van der Waals surface area contributed by atoms with Gasteiger partial charge in [-0.25, -0.2) is 0 Å². The van der Waals surface area contributed by atoms with Crippen LogP contribution < -0.4 is 14.5 Å². The standard InChI is InChI=1S/C23H23NO4.C21H22Br2O.C13H13NO2.C11H12O2.C10H15N.C10H12.C6H8N.C6H2.CH4.Mo.2H2/c1-2-17(24-22(26)20-14-8-9-15-21(20)23(24)27)10-6-7-11-18(25)16-28-19-12-4-3-5-13-19;1-12-17(22)10-13-6-2-4-8-15(13)19(12)20-16-9-5-3-7-14(16)11-18(23)21(20)24;1-3-9(4-2)14-12(15)10-7-5-6-8-11(10)13(14)16;1-2-3-9-11(12)13-10-7-5-4-6-8-10;11-10-4-7-1-8(5-10)3-9(2-7)6-10;1-10(2,3)9-7-5-4-6-8-9;1-5-3-4-6(2)7-5;1-3-5-6-4-2;;;;/h3-6,8-10,12-15,17H,2,7,11,16H2,1H3;10-11,24H,2-9H2,1H3;3,5-9H,1,4H2,2H3;2,4-8H,1,3,9H2;7-9H,1-6H2;1,4-8H,2-3H3;3-4H,1-2H3;1-2H;1H4;;2*1H/q;;;;;;-1;;;;;/b10-6-;;;;;;;;;;;/t17-;;9-;;;;;;;;;/m0.1........./s1. The fourth-order valence-electron chi connectivity index (χ4n) is 16.5. The number of ketones is 1. The van der Waals surface area contributed by atoms with Crippen LogP contribution in [0.5, 0.6) is 17.2 Å². The molecule has 4 amide bonds. The van der Waals surface area contributed by atoms with Crippen molar-refractivity contribution in [2.45, 2.75) is 207 Å². The van der Waals surface area contributed by atoms with Gasteiger partial charge in [0.05, 0.1) is 38.8 Å². The Hall–Kier alpha value is -9.94. The number of hydrogen-bond acceptors (Lipinski definition) is 10. The molecule has 2 atom stereocenters. The summed E-state index contributed by atoms with van der Waals surface area (Å²) in [5.41, 5.74) is 15.5. The first-order chi connectivity index (χ1) is 56.0. The molecule has 8 aliphatic rings. The van der Waals surface area contributed by atoms with Crippen LogP contribution in [0.4, 0.5) is 0 Å². The maximum absolute atomic E-state index is 12.6. The van der Waals surface area contributed by atoms with Crippen molar-refractivity contribution in [2.75, 3.05) is 6.61 Å². The molecular weight excluding hydrogens is 1670 g/mol. The molecule has 4 saturated carbocycles. The van der Waals surface area contributed by atoms with Crippen LogP contribution >= 0.6 is 31.9 Å². The van der Waals surface area contributed by atoms with Crippen molar-refractivity contribution in [1.29, 1.82) is 0 Å². The zero-order valence-corrected chi connectivity index (χ0v) is 73.1. The van der Waals surface area contributed by atoms with E-state index in [-0.39, 0.29) is 87.7 Å². The zero-order chi connectivity index (χ0) is 83.3. The van der Waals surface area contributed by atoms with E-state index in [1.807, 2.05) is 88.4 Å². The predicted molar refractivity (Wildman–Crippen MR) is 481 cm³/mol. The molecule has 0 saturated heterocycles. The second kappa shape index (κ2) is 45.7. The molecule has 117 heavy (non-hydrogen) atoms. The number of rotatable bonds is 20. The third kappa shape index (κ3) is 25.3. The molecule has 3 heterocycles. The van der Waals surface area contributed by atoms with Crippen molar-refractivity contribution in [1.82, 2.24) is 14.8 Å². The summed E-state index contributed by atoms with van der Waals surface area (Å²) in [6.45, 7) is 22.0. The van der Waals surface area contributed by atoms with E-state index in [4.69, 9.17) is 25.8 Å². The third-order valence-corrected chi connectivity index (χ3v) is 26.3. The van der Waals surface area contributed by atoms with Crippen molar-refractivity contribution in [3.8, 4) is 64.9 Å². The van der Waals surface area contributed by atoms with Crippen molar-refractivity contribution in [2.24, 2.45) is 21.2 Å². The van der Waals surface area contributed by atoms with E-state index in [0.29, 0.717) is 83.6 Å². The molecule has 614 valence electrons. The van der Waals surface area contributed by atoms with E-state index in [0.717, 1.165) is 64.9 Å². The molecule has 13 nitrogen and oxygen atoms in total. The molecule has 0 spiro atoms. The number of ether oxygens (including phenoxy) is 2. The van der Waals surface area contributed by atoms with E-state index in [2.05, 4.69) is 141 Å². The van der Waals surface area contributed by atoms with Gasteiger partial charge < -0.3 is 19.6 Å². The summed E-state index contributed by atoms with van der Waals surface area (Å²) in [5, 5.41) is 11.0. The Kier molecular flexibility index (Phi) is 36.2. The zero-order valence-electron chi connectivity index (χ0n) is 67.9. The Morgan fingerprint density at radius 1 is 0.632 bits per heavy atom. The molecular formula is C101H115Br2MoN4O9-. The summed E-state index contributed by atoms with van der Waals surface area (Å²) in [5.74, 6) is 12.2. The molecule has 4 fully saturated rings. The van der Waals surface area contributed by atoms with Gasteiger partial charge >= 0.3 is 149 Å².